The van der Waals surface area contributed by atoms with Gasteiger partial charge in [-0.3, -0.25) is 9.78 Å². The highest BCUT2D eigenvalue weighted by molar-refractivity contribution is 5.97. The molecular formula is C35H31N9O3. The Bertz CT molecular complexity index is 2180. The topological polar surface area (TPSA) is 166 Å². The largest absolute Gasteiger partial charge is 0.493 e. The van der Waals surface area contributed by atoms with Crippen LogP contribution in [0, 0.1) is 11.3 Å². The predicted molar refractivity (Wildman–Crippen MR) is 176 cm³/mol. The number of nitrogens with one attached hydrogen (secondary N) is 1. The van der Waals surface area contributed by atoms with Crippen molar-refractivity contribution in [2.75, 3.05) is 18.4 Å². The highest BCUT2D eigenvalue weighted by Gasteiger charge is 2.26. The van der Waals surface area contributed by atoms with Crippen molar-refractivity contribution in [1.82, 2.24) is 34.6 Å². The summed E-state index contributed by atoms with van der Waals surface area (Å²) in [6.45, 7) is 5.09. The van der Waals surface area contributed by atoms with Crippen LogP contribution in [-0.2, 0) is 0 Å². The number of aromatic nitrogens is 6. The van der Waals surface area contributed by atoms with Crippen LogP contribution in [0.2, 0.25) is 0 Å². The Morgan fingerprint density at radius 2 is 1.83 bits per heavy atom. The molecule has 1 amide bonds. The molecule has 3 N–H and O–H groups in total. The molecule has 12 heteroatoms. The summed E-state index contributed by atoms with van der Waals surface area (Å²) in [5, 5.41) is 39.8. The van der Waals surface area contributed by atoms with E-state index in [4.69, 9.17) is 15.1 Å². The van der Waals surface area contributed by atoms with Crippen molar-refractivity contribution < 1.29 is 15.0 Å². The number of likely N-dealkylation sites (tertiary alicyclic amines) is 1. The normalized spacial score (nSPS) is 13.7. The van der Waals surface area contributed by atoms with E-state index >= 15 is 0 Å². The van der Waals surface area contributed by atoms with Crippen molar-refractivity contribution in [2.45, 2.75) is 38.6 Å². The summed E-state index contributed by atoms with van der Waals surface area (Å²) in [5.74, 6) is -0.743. The number of anilines is 1. The Hall–Kier alpha value is -6.09. The lowest BCUT2D eigenvalue weighted by atomic mass is 9.98. The molecule has 0 atom stereocenters. The maximum Gasteiger partial charge on any atom is 0.317 e. The van der Waals surface area contributed by atoms with Crippen molar-refractivity contribution in [1.29, 1.82) is 5.26 Å². The maximum absolute atomic E-state index is 12.9. The summed E-state index contributed by atoms with van der Waals surface area (Å²) in [6, 6.07) is 20.5. The molecule has 1 fully saturated rings. The molecule has 1 aliphatic heterocycles. The number of hydrogen-bond donors (Lipinski definition) is 3. The average Bonchev–Trinajstić information content (AvgIpc) is 3.48. The van der Waals surface area contributed by atoms with E-state index in [1.807, 2.05) is 47.3 Å². The van der Waals surface area contributed by atoms with Gasteiger partial charge in [0.05, 0.1) is 33.5 Å². The lowest BCUT2D eigenvalue weighted by molar-refractivity contribution is 0.0710. The number of aromatic hydroxyl groups is 2. The van der Waals surface area contributed by atoms with Gasteiger partial charge < -0.3 is 20.4 Å². The van der Waals surface area contributed by atoms with Crippen molar-refractivity contribution in [3.8, 4) is 34.8 Å². The number of pyridine rings is 2. The Morgan fingerprint density at radius 1 is 1.02 bits per heavy atom. The first-order valence-corrected chi connectivity index (χ1v) is 15.4. The standard InChI is InChI=1S/C35H31N9O3/c1-20(2)32-31-26(23-15-21-5-3-4-6-27(21)38-19-23)9-12-37-33(31)44(42-32)25-8-7-22(18-36)28(16-25)39-24-10-13-43(14-11-24)34(46)29-17-30(45)41-35(47)40-29/h3-9,12,15-17,19-20,24,39H,10-11,13-14H2,1-2H3,(H2,40,41,45,47). The first-order chi connectivity index (χ1) is 22.8. The lowest BCUT2D eigenvalue weighted by Crippen LogP contribution is -2.42. The van der Waals surface area contributed by atoms with Gasteiger partial charge in [-0.25, -0.2) is 9.67 Å². The van der Waals surface area contributed by atoms with Gasteiger partial charge in [0.2, 0.25) is 5.88 Å². The van der Waals surface area contributed by atoms with Gasteiger partial charge >= 0.3 is 6.01 Å². The van der Waals surface area contributed by atoms with Gasteiger partial charge in [-0.2, -0.15) is 20.3 Å². The molecule has 0 unspecified atom stereocenters. The molecular weight excluding hydrogens is 594 g/mol. The summed E-state index contributed by atoms with van der Waals surface area (Å²) >= 11 is 0. The molecule has 4 aromatic heterocycles. The molecule has 7 rings (SSSR count). The second-order valence-electron chi connectivity index (χ2n) is 11.9. The molecule has 2 aromatic carbocycles. The second-order valence-corrected chi connectivity index (χ2v) is 11.9. The third-order valence-corrected chi connectivity index (χ3v) is 8.47. The van der Waals surface area contributed by atoms with E-state index in [-0.39, 0.29) is 17.7 Å². The minimum absolute atomic E-state index is 0.000624. The van der Waals surface area contributed by atoms with E-state index in [0.717, 1.165) is 44.9 Å². The van der Waals surface area contributed by atoms with E-state index < -0.39 is 17.8 Å². The third kappa shape index (κ3) is 5.63. The predicted octanol–water partition coefficient (Wildman–Crippen LogP) is 5.55. The van der Waals surface area contributed by atoms with Crippen LogP contribution in [0.3, 0.4) is 0 Å². The molecule has 0 radical (unpaired) electrons. The van der Waals surface area contributed by atoms with Crippen molar-refractivity contribution in [3.63, 3.8) is 0 Å². The Labute approximate surface area is 270 Å². The van der Waals surface area contributed by atoms with Crippen LogP contribution in [0.4, 0.5) is 5.69 Å². The Morgan fingerprint density at radius 3 is 2.60 bits per heavy atom. The van der Waals surface area contributed by atoms with Crippen molar-refractivity contribution >= 4 is 33.5 Å². The van der Waals surface area contributed by atoms with Crippen LogP contribution >= 0.6 is 0 Å². The van der Waals surface area contributed by atoms with Crippen LogP contribution in [0.5, 0.6) is 11.9 Å². The average molecular weight is 626 g/mol. The van der Waals surface area contributed by atoms with Gasteiger partial charge in [-0.05, 0) is 60.7 Å². The molecule has 234 valence electrons. The number of carbonyl (C=O) groups excluding carboxylic acids is 1. The number of rotatable bonds is 6. The first-order valence-electron chi connectivity index (χ1n) is 15.4. The summed E-state index contributed by atoms with van der Waals surface area (Å²) in [5.41, 5.74) is 6.41. The maximum atomic E-state index is 12.9. The van der Waals surface area contributed by atoms with Crippen molar-refractivity contribution in [2.24, 2.45) is 0 Å². The Balaban J connectivity index is 1.18. The molecule has 0 saturated carbocycles. The van der Waals surface area contributed by atoms with E-state index in [2.05, 4.69) is 47.3 Å². The molecule has 47 heavy (non-hydrogen) atoms. The molecule has 5 heterocycles. The molecule has 0 aliphatic carbocycles. The summed E-state index contributed by atoms with van der Waals surface area (Å²) in [4.78, 5) is 31.2. The van der Waals surface area contributed by atoms with Crippen LogP contribution in [-0.4, -0.2) is 69.9 Å². The minimum atomic E-state index is -0.656. The summed E-state index contributed by atoms with van der Waals surface area (Å²) in [7, 11) is 0. The zero-order chi connectivity index (χ0) is 32.7. The third-order valence-electron chi connectivity index (χ3n) is 8.47. The zero-order valence-electron chi connectivity index (χ0n) is 25.8. The van der Waals surface area contributed by atoms with Crippen LogP contribution in [0.1, 0.15) is 54.4 Å². The highest BCUT2D eigenvalue weighted by atomic mass is 16.3. The van der Waals surface area contributed by atoms with Gasteiger partial charge in [0.15, 0.2) is 5.65 Å². The van der Waals surface area contributed by atoms with Crippen LogP contribution in [0.25, 0.3) is 38.8 Å². The molecule has 6 aromatic rings. The van der Waals surface area contributed by atoms with Crippen molar-refractivity contribution in [3.05, 3.63) is 90.0 Å². The zero-order valence-corrected chi connectivity index (χ0v) is 25.8. The summed E-state index contributed by atoms with van der Waals surface area (Å²) in [6.07, 6.45) is 4.92. The number of hydrogen-bond acceptors (Lipinski definition) is 10. The number of piperidine rings is 1. The fourth-order valence-corrected chi connectivity index (χ4v) is 6.13. The number of amides is 1. The molecule has 1 aliphatic rings. The second kappa shape index (κ2) is 12.0. The quantitative estimate of drug-likeness (QED) is 0.214. The smallest absolute Gasteiger partial charge is 0.317 e. The van der Waals surface area contributed by atoms with Gasteiger partial charge in [0.25, 0.3) is 5.91 Å². The van der Waals surface area contributed by atoms with Crippen LogP contribution < -0.4 is 5.32 Å². The first kappa shape index (κ1) is 29.6. The number of nitrogens with zero attached hydrogens (tertiary/aromatic N) is 8. The van der Waals surface area contributed by atoms with Gasteiger partial charge in [0, 0.05) is 48.5 Å². The number of carbonyl (C=O) groups is 1. The van der Waals surface area contributed by atoms with Gasteiger partial charge in [-0.1, -0.05) is 32.0 Å². The van der Waals surface area contributed by atoms with E-state index in [0.29, 0.717) is 42.8 Å². The number of para-hydroxylation sites is 1. The van der Waals surface area contributed by atoms with E-state index in [9.17, 15) is 20.3 Å². The van der Waals surface area contributed by atoms with Crippen LogP contribution in [0.15, 0.2) is 73.1 Å². The molecule has 0 spiro atoms. The SMILES string of the molecule is CC(C)c1nn(-c2ccc(C#N)c(NC3CCN(C(=O)c4cc(O)nc(O)n4)CC3)c2)c2nccc(-c3cnc4ccccc4c3)c12. The van der Waals surface area contributed by atoms with Gasteiger partial charge in [-0.15, -0.1) is 0 Å². The number of benzene rings is 2. The molecule has 12 nitrogen and oxygen atoms in total. The fourth-order valence-electron chi connectivity index (χ4n) is 6.13. The number of nitriles is 1. The fraction of sp³-hybridized carbons (Fsp3) is 0.229. The minimum Gasteiger partial charge on any atom is -0.493 e. The van der Waals surface area contributed by atoms with E-state index in [1.54, 1.807) is 17.2 Å². The van der Waals surface area contributed by atoms with E-state index in [1.165, 1.54) is 0 Å². The number of fused-ring (bicyclic) bond motifs is 2. The Kier molecular flexibility index (Phi) is 7.57. The van der Waals surface area contributed by atoms with Gasteiger partial charge in [0.1, 0.15) is 11.8 Å². The highest BCUT2D eigenvalue weighted by Crippen LogP contribution is 2.36. The molecule has 0 bridgehead atoms. The molecule has 1 saturated heterocycles. The lowest BCUT2D eigenvalue weighted by Gasteiger charge is -2.33. The monoisotopic (exact) mass is 625 g/mol. The summed E-state index contributed by atoms with van der Waals surface area (Å²) < 4.78 is 1.84.